The van der Waals surface area contributed by atoms with Gasteiger partial charge in [0.25, 0.3) is 0 Å². The first-order valence-corrected chi connectivity index (χ1v) is 15.5. The molecule has 0 spiro atoms. The van der Waals surface area contributed by atoms with Crippen molar-refractivity contribution < 1.29 is 26.4 Å². The maximum atomic E-state index is 13.6. The number of hydrogen-bond acceptors (Lipinski definition) is 7. The van der Waals surface area contributed by atoms with Gasteiger partial charge in [-0.25, -0.2) is 21.6 Å². The van der Waals surface area contributed by atoms with E-state index in [0.29, 0.717) is 22.3 Å². The Labute approximate surface area is 235 Å². The van der Waals surface area contributed by atoms with Crippen molar-refractivity contribution in [3.8, 4) is 17.2 Å². The van der Waals surface area contributed by atoms with Crippen LogP contribution < -0.4 is 4.72 Å². The normalized spacial score (nSPS) is 18.3. The fraction of sp³-hybridized carbons (Fsp3) is 0.310. The second-order valence-corrected chi connectivity index (χ2v) is 14.3. The largest absolute Gasteiger partial charge is 0.469 e. The summed E-state index contributed by atoms with van der Waals surface area (Å²) in [7, 11) is -6.58. The van der Waals surface area contributed by atoms with Gasteiger partial charge in [0.1, 0.15) is 0 Å². The minimum atomic E-state index is -4.00. The molecular formula is C29H31N3O6S2. The molecule has 2 atom stereocenters. The van der Waals surface area contributed by atoms with Crippen LogP contribution in [0.15, 0.2) is 82.6 Å². The van der Waals surface area contributed by atoms with E-state index in [9.17, 15) is 26.9 Å². The quantitative estimate of drug-likeness (QED) is 0.419. The van der Waals surface area contributed by atoms with Crippen molar-refractivity contribution in [1.29, 1.82) is 5.26 Å². The van der Waals surface area contributed by atoms with Gasteiger partial charge >= 0.3 is 5.97 Å². The number of esters is 1. The highest BCUT2D eigenvalue weighted by Gasteiger charge is 2.44. The van der Waals surface area contributed by atoms with Gasteiger partial charge in [-0.15, -0.1) is 0 Å². The lowest BCUT2D eigenvalue weighted by molar-refractivity contribution is -0.145. The first-order chi connectivity index (χ1) is 18.8. The second-order valence-electron chi connectivity index (χ2n) is 10.7. The summed E-state index contributed by atoms with van der Waals surface area (Å²) in [6.07, 6.45) is 0. The van der Waals surface area contributed by atoms with Crippen LogP contribution in [0.3, 0.4) is 0 Å². The predicted molar refractivity (Wildman–Crippen MR) is 150 cm³/mol. The number of sulfonamides is 2. The molecule has 210 valence electrons. The van der Waals surface area contributed by atoms with E-state index in [0.717, 1.165) is 0 Å². The van der Waals surface area contributed by atoms with Gasteiger partial charge in [-0.3, -0.25) is 4.79 Å². The van der Waals surface area contributed by atoms with Gasteiger partial charge in [0, 0.05) is 30.1 Å². The highest BCUT2D eigenvalue weighted by Crippen LogP contribution is 2.37. The van der Waals surface area contributed by atoms with Crippen molar-refractivity contribution in [3.63, 3.8) is 0 Å². The molecule has 0 aliphatic carbocycles. The molecule has 1 aliphatic heterocycles. The summed E-state index contributed by atoms with van der Waals surface area (Å²) in [5, 5.41) is 9.29. The molecule has 0 bridgehead atoms. The predicted octanol–water partition coefficient (Wildman–Crippen LogP) is 3.88. The molecule has 1 saturated heterocycles. The molecule has 11 heteroatoms. The maximum absolute atomic E-state index is 13.6. The molecule has 1 aliphatic rings. The van der Waals surface area contributed by atoms with Gasteiger partial charge < -0.3 is 4.74 Å². The van der Waals surface area contributed by atoms with Gasteiger partial charge in [0.05, 0.1) is 34.5 Å². The number of hydrogen-bond donors (Lipinski definition) is 1. The third kappa shape index (κ3) is 6.10. The molecule has 3 aromatic carbocycles. The monoisotopic (exact) mass is 581 g/mol. The zero-order chi connectivity index (χ0) is 29.3. The number of carbonyl (C=O) groups excluding carboxylic acids is 1. The van der Waals surface area contributed by atoms with Crippen LogP contribution in [-0.2, 0) is 29.6 Å². The molecule has 0 unspecified atom stereocenters. The SMILES string of the molecule is COC(=O)[C@H]1CN(S(=O)(=O)c2ccc(-c3ccccc3S(=O)(=O)NC(C)(C)C)cc2)C[C@@H]1c1cccc(C#N)c1. The summed E-state index contributed by atoms with van der Waals surface area (Å²) in [6, 6.07) is 21.4. The van der Waals surface area contributed by atoms with E-state index in [1.54, 1.807) is 75.4 Å². The van der Waals surface area contributed by atoms with Crippen molar-refractivity contribution in [1.82, 2.24) is 9.03 Å². The van der Waals surface area contributed by atoms with E-state index in [4.69, 9.17) is 4.74 Å². The Morgan fingerprint density at radius 2 is 1.65 bits per heavy atom. The zero-order valence-corrected chi connectivity index (χ0v) is 24.3. The minimum Gasteiger partial charge on any atom is -0.469 e. The average Bonchev–Trinajstić information content (AvgIpc) is 3.38. The van der Waals surface area contributed by atoms with Gasteiger partial charge in [-0.05, 0) is 62.2 Å². The zero-order valence-electron chi connectivity index (χ0n) is 22.7. The van der Waals surface area contributed by atoms with E-state index in [1.165, 1.54) is 29.6 Å². The Morgan fingerprint density at radius 1 is 0.975 bits per heavy atom. The molecular weight excluding hydrogens is 550 g/mol. The van der Waals surface area contributed by atoms with E-state index in [-0.39, 0.29) is 22.9 Å². The molecule has 1 heterocycles. The first kappa shape index (κ1) is 29.4. The van der Waals surface area contributed by atoms with Gasteiger partial charge in [0.2, 0.25) is 20.0 Å². The fourth-order valence-corrected chi connectivity index (χ4v) is 8.02. The summed E-state index contributed by atoms with van der Waals surface area (Å²) >= 11 is 0. The van der Waals surface area contributed by atoms with Crippen LogP contribution in [0.25, 0.3) is 11.1 Å². The number of rotatable bonds is 7. The molecule has 0 radical (unpaired) electrons. The first-order valence-electron chi connectivity index (χ1n) is 12.6. The summed E-state index contributed by atoms with van der Waals surface area (Å²) < 4.78 is 62.3. The van der Waals surface area contributed by atoms with Crippen molar-refractivity contribution in [2.24, 2.45) is 5.92 Å². The Bertz CT molecular complexity index is 1670. The van der Waals surface area contributed by atoms with Crippen LogP contribution >= 0.6 is 0 Å². The van der Waals surface area contributed by atoms with Crippen LogP contribution in [-0.4, -0.2) is 52.8 Å². The maximum Gasteiger partial charge on any atom is 0.310 e. The Kier molecular flexibility index (Phi) is 8.19. The fourth-order valence-electron chi connectivity index (χ4n) is 4.88. The van der Waals surface area contributed by atoms with Gasteiger partial charge in [-0.2, -0.15) is 9.57 Å². The highest BCUT2D eigenvalue weighted by atomic mass is 32.2. The lowest BCUT2D eigenvalue weighted by atomic mass is 9.88. The third-order valence-electron chi connectivity index (χ3n) is 6.65. The number of ether oxygens (including phenoxy) is 1. The molecule has 4 rings (SSSR count). The molecule has 40 heavy (non-hydrogen) atoms. The highest BCUT2D eigenvalue weighted by molar-refractivity contribution is 7.89. The number of nitrogens with one attached hydrogen (secondary N) is 1. The smallest absolute Gasteiger partial charge is 0.310 e. The molecule has 1 fully saturated rings. The van der Waals surface area contributed by atoms with Crippen LogP contribution in [0.4, 0.5) is 0 Å². The van der Waals surface area contributed by atoms with Crippen LogP contribution in [0.1, 0.15) is 37.8 Å². The van der Waals surface area contributed by atoms with E-state index >= 15 is 0 Å². The molecule has 9 nitrogen and oxygen atoms in total. The summed E-state index contributed by atoms with van der Waals surface area (Å²) in [4.78, 5) is 12.7. The van der Waals surface area contributed by atoms with E-state index < -0.39 is 43.4 Å². The van der Waals surface area contributed by atoms with Crippen LogP contribution in [0, 0.1) is 17.2 Å². The standard InChI is InChI=1S/C29H31N3O6S2/c1-29(2,3)31-39(34,35)27-11-6-5-10-24(27)21-12-14-23(15-13-21)40(36,37)32-18-25(26(19-32)28(33)38-4)22-9-7-8-20(16-22)17-30/h5-16,25-26,31H,18-19H2,1-4H3/t25-,26+/m1/s1. The Morgan fingerprint density at radius 3 is 2.27 bits per heavy atom. The molecule has 0 amide bonds. The van der Waals surface area contributed by atoms with E-state index in [2.05, 4.69) is 10.8 Å². The van der Waals surface area contributed by atoms with E-state index in [1.807, 2.05) is 0 Å². The topological polar surface area (TPSA) is 134 Å². The van der Waals surface area contributed by atoms with Crippen molar-refractivity contribution in [2.75, 3.05) is 20.2 Å². The number of nitriles is 1. The average molecular weight is 582 g/mol. The summed E-state index contributed by atoms with van der Waals surface area (Å²) in [6.45, 7) is 5.22. The Hall–Kier alpha value is -3.56. The second kappa shape index (κ2) is 11.1. The van der Waals surface area contributed by atoms with Crippen molar-refractivity contribution in [3.05, 3.63) is 83.9 Å². The van der Waals surface area contributed by atoms with Crippen molar-refractivity contribution in [2.45, 2.75) is 42.0 Å². The van der Waals surface area contributed by atoms with Crippen LogP contribution in [0.2, 0.25) is 0 Å². The van der Waals surface area contributed by atoms with Gasteiger partial charge in [0.15, 0.2) is 0 Å². The van der Waals surface area contributed by atoms with Crippen LogP contribution in [0.5, 0.6) is 0 Å². The molecule has 1 N–H and O–H groups in total. The number of carbonyl (C=O) groups is 1. The molecule has 0 aromatic heterocycles. The number of benzene rings is 3. The molecule has 3 aromatic rings. The van der Waals surface area contributed by atoms with Crippen molar-refractivity contribution >= 4 is 26.0 Å². The minimum absolute atomic E-state index is 0.0134. The van der Waals surface area contributed by atoms with Gasteiger partial charge in [-0.1, -0.05) is 42.5 Å². The lowest BCUT2D eigenvalue weighted by Crippen LogP contribution is -2.40. The molecule has 0 saturated carbocycles. The Balaban J connectivity index is 1.65. The number of nitrogens with zero attached hydrogens (tertiary/aromatic N) is 2. The summed E-state index contributed by atoms with van der Waals surface area (Å²) in [5.74, 6) is -1.75. The third-order valence-corrected chi connectivity index (χ3v) is 10.3. The lowest BCUT2D eigenvalue weighted by Gasteiger charge is -2.21. The summed E-state index contributed by atoms with van der Waals surface area (Å²) in [5.41, 5.74) is 1.39. The number of methoxy groups -OCH3 is 1.